The number of benzene rings is 1. The van der Waals surface area contributed by atoms with Gasteiger partial charge >= 0.3 is 0 Å². The fourth-order valence-electron chi connectivity index (χ4n) is 3.47. The van der Waals surface area contributed by atoms with Gasteiger partial charge in [-0.05, 0) is 18.2 Å². The molecule has 0 spiro atoms. The molecule has 2 heterocycles. The molecular weight excluding hydrogens is 278 g/mol. The van der Waals surface area contributed by atoms with Crippen LogP contribution < -0.4 is 4.90 Å². The maximum absolute atomic E-state index is 12.9. The van der Waals surface area contributed by atoms with Crippen LogP contribution >= 0.6 is 0 Å². The van der Waals surface area contributed by atoms with Crippen LogP contribution in [0.25, 0.3) is 0 Å². The van der Waals surface area contributed by atoms with Gasteiger partial charge in [0.2, 0.25) is 11.8 Å². The van der Waals surface area contributed by atoms with Crippen LogP contribution in [0.15, 0.2) is 24.3 Å². The third-order valence-electron chi connectivity index (χ3n) is 4.73. The van der Waals surface area contributed by atoms with Crippen LogP contribution in [0.4, 0.5) is 5.69 Å². The highest BCUT2D eigenvalue weighted by molar-refractivity contribution is 6.02. The van der Waals surface area contributed by atoms with Gasteiger partial charge in [0.15, 0.2) is 0 Å². The number of likely N-dealkylation sites (N-methyl/N-ethyl adjacent to an activating group) is 1. The molecule has 0 radical (unpaired) electrons. The van der Waals surface area contributed by atoms with Crippen LogP contribution in [0, 0.1) is 0 Å². The number of para-hydroxylation sites is 1. The fraction of sp³-hybridized carbons (Fsp3) is 0.529. The van der Waals surface area contributed by atoms with Gasteiger partial charge < -0.3 is 9.80 Å². The van der Waals surface area contributed by atoms with E-state index in [-0.39, 0.29) is 17.9 Å². The Kier molecular flexibility index (Phi) is 4.16. The van der Waals surface area contributed by atoms with Crippen molar-refractivity contribution in [1.29, 1.82) is 0 Å². The van der Waals surface area contributed by atoms with E-state index in [1.54, 1.807) is 4.90 Å². The molecule has 2 aliphatic heterocycles. The zero-order valence-electron chi connectivity index (χ0n) is 13.3. The number of carbonyl (C=O) groups is 2. The average Bonchev–Trinajstić information content (AvgIpc) is 2.94. The van der Waals surface area contributed by atoms with E-state index in [9.17, 15) is 9.59 Å². The van der Waals surface area contributed by atoms with Gasteiger partial charge in [0.1, 0.15) is 6.04 Å². The first-order chi connectivity index (χ1) is 10.6. The number of piperazine rings is 1. The predicted molar refractivity (Wildman–Crippen MR) is 85.8 cm³/mol. The van der Waals surface area contributed by atoms with Crippen molar-refractivity contribution < 1.29 is 9.59 Å². The van der Waals surface area contributed by atoms with Gasteiger partial charge in [-0.1, -0.05) is 25.1 Å². The van der Waals surface area contributed by atoms with Crippen LogP contribution in [-0.4, -0.2) is 60.4 Å². The molecule has 118 valence electrons. The summed E-state index contributed by atoms with van der Waals surface area (Å²) in [5.41, 5.74) is 1.98. The molecule has 0 unspecified atom stereocenters. The number of hydrogen-bond donors (Lipinski definition) is 0. The van der Waals surface area contributed by atoms with Crippen molar-refractivity contribution >= 4 is 17.5 Å². The highest BCUT2D eigenvalue weighted by atomic mass is 16.2. The van der Waals surface area contributed by atoms with Crippen LogP contribution in [0.3, 0.4) is 0 Å². The molecular formula is C17H23N3O2. The van der Waals surface area contributed by atoms with E-state index in [1.165, 1.54) is 6.92 Å². The van der Waals surface area contributed by atoms with Gasteiger partial charge in [-0.15, -0.1) is 0 Å². The molecule has 1 aromatic carbocycles. The number of fused-ring (bicyclic) bond motifs is 1. The summed E-state index contributed by atoms with van der Waals surface area (Å²) in [5.74, 6) is 0.0256. The summed E-state index contributed by atoms with van der Waals surface area (Å²) in [6.45, 7) is 8.05. The smallest absolute Gasteiger partial charge is 0.246 e. The molecule has 3 rings (SSSR count). The molecule has 22 heavy (non-hydrogen) atoms. The van der Waals surface area contributed by atoms with Crippen LogP contribution in [-0.2, 0) is 16.0 Å². The van der Waals surface area contributed by atoms with E-state index in [2.05, 4.69) is 11.8 Å². The Balaban J connectivity index is 1.77. The Morgan fingerprint density at radius 1 is 1.14 bits per heavy atom. The molecule has 1 atom stereocenters. The molecule has 1 fully saturated rings. The lowest BCUT2D eigenvalue weighted by Gasteiger charge is -2.36. The molecule has 0 saturated carbocycles. The first kappa shape index (κ1) is 15.0. The van der Waals surface area contributed by atoms with E-state index >= 15 is 0 Å². The summed E-state index contributed by atoms with van der Waals surface area (Å²) < 4.78 is 0. The Labute approximate surface area is 131 Å². The largest absolute Gasteiger partial charge is 0.338 e. The molecule has 1 saturated heterocycles. The van der Waals surface area contributed by atoms with E-state index in [4.69, 9.17) is 0 Å². The first-order valence-electron chi connectivity index (χ1n) is 8.00. The van der Waals surface area contributed by atoms with Crippen molar-refractivity contribution in [3.05, 3.63) is 29.8 Å². The Bertz CT molecular complexity index is 579. The minimum absolute atomic E-state index is 0.0597. The zero-order valence-corrected chi connectivity index (χ0v) is 13.3. The van der Waals surface area contributed by atoms with Gasteiger partial charge in [0.25, 0.3) is 0 Å². The van der Waals surface area contributed by atoms with E-state index in [0.717, 1.165) is 44.0 Å². The van der Waals surface area contributed by atoms with Gasteiger partial charge in [0.05, 0.1) is 0 Å². The summed E-state index contributed by atoms with van der Waals surface area (Å²) in [6.07, 6.45) is 0.628. The molecule has 2 amide bonds. The lowest BCUT2D eigenvalue weighted by atomic mass is 10.1. The van der Waals surface area contributed by atoms with Gasteiger partial charge in [0, 0.05) is 45.2 Å². The predicted octanol–water partition coefficient (Wildman–Crippen LogP) is 1.13. The summed E-state index contributed by atoms with van der Waals surface area (Å²) >= 11 is 0. The number of amides is 2. The van der Waals surface area contributed by atoms with Crippen molar-refractivity contribution in [2.24, 2.45) is 0 Å². The number of anilines is 1. The zero-order chi connectivity index (χ0) is 15.7. The molecule has 1 aromatic rings. The second kappa shape index (κ2) is 6.08. The van der Waals surface area contributed by atoms with Crippen LogP contribution in [0.5, 0.6) is 0 Å². The van der Waals surface area contributed by atoms with E-state index in [0.29, 0.717) is 6.42 Å². The second-order valence-electron chi connectivity index (χ2n) is 6.00. The minimum atomic E-state index is -0.372. The maximum Gasteiger partial charge on any atom is 0.246 e. The lowest BCUT2D eigenvalue weighted by Crippen LogP contribution is -2.55. The highest BCUT2D eigenvalue weighted by Crippen LogP contribution is 2.33. The highest BCUT2D eigenvalue weighted by Gasteiger charge is 2.39. The molecule has 5 nitrogen and oxygen atoms in total. The number of carbonyl (C=O) groups excluding carboxylic acids is 2. The molecule has 2 aliphatic rings. The van der Waals surface area contributed by atoms with Gasteiger partial charge in [-0.2, -0.15) is 0 Å². The average molecular weight is 301 g/mol. The summed E-state index contributed by atoms with van der Waals surface area (Å²) in [5, 5.41) is 0. The number of nitrogens with zero attached hydrogens (tertiary/aromatic N) is 3. The Morgan fingerprint density at radius 2 is 1.82 bits per heavy atom. The van der Waals surface area contributed by atoms with Gasteiger partial charge in [-0.3, -0.25) is 14.5 Å². The number of hydrogen-bond acceptors (Lipinski definition) is 3. The third kappa shape index (κ3) is 2.61. The van der Waals surface area contributed by atoms with E-state index < -0.39 is 0 Å². The minimum Gasteiger partial charge on any atom is -0.338 e. The SMILES string of the molecule is CCN1CCN(C(=O)[C@@H]2Cc3ccccc3N2C(C)=O)CC1. The van der Waals surface area contributed by atoms with Crippen molar-refractivity contribution in [3.8, 4) is 0 Å². The molecule has 0 aromatic heterocycles. The summed E-state index contributed by atoms with van der Waals surface area (Å²) in [4.78, 5) is 30.9. The van der Waals surface area contributed by atoms with Gasteiger partial charge in [-0.25, -0.2) is 0 Å². The normalized spacial score (nSPS) is 21.8. The Hall–Kier alpha value is -1.88. The second-order valence-corrected chi connectivity index (χ2v) is 6.00. The third-order valence-corrected chi connectivity index (χ3v) is 4.73. The first-order valence-corrected chi connectivity index (χ1v) is 8.00. The quantitative estimate of drug-likeness (QED) is 0.822. The maximum atomic E-state index is 12.9. The van der Waals surface area contributed by atoms with Crippen LogP contribution in [0.1, 0.15) is 19.4 Å². The monoisotopic (exact) mass is 301 g/mol. The van der Waals surface area contributed by atoms with Crippen molar-refractivity contribution in [2.45, 2.75) is 26.3 Å². The number of rotatable bonds is 2. The molecule has 0 bridgehead atoms. The van der Waals surface area contributed by atoms with Crippen molar-refractivity contribution in [2.75, 3.05) is 37.6 Å². The van der Waals surface area contributed by atoms with Crippen LogP contribution in [0.2, 0.25) is 0 Å². The van der Waals surface area contributed by atoms with E-state index in [1.807, 2.05) is 29.2 Å². The fourth-order valence-corrected chi connectivity index (χ4v) is 3.47. The topological polar surface area (TPSA) is 43.9 Å². The summed E-state index contributed by atoms with van der Waals surface area (Å²) in [6, 6.07) is 7.45. The molecule has 0 N–H and O–H groups in total. The van der Waals surface area contributed by atoms with Crippen molar-refractivity contribution in [3.63, 3.8) is 0 Å². The molecule has 0 aliphatic carbocycles. The summed E-state index contributed by atoms with van der Waals surface area (Å²) in [7, 11) is 0. The standard InChI is InChI=1S/C17H23N3O2/c1-3-18-8-10-19(11-9-18)17(22)16-12-14-6-4-5-7-15(14)20(16)13(2)21/h4-7,16H,3,8-12H2,1-2H3/t16-/m0/s1. The van der Waals surface area contributed by atoms with Crippen molar-refractivity contribution in [1.82, 2.24) is 9.80 Å². The Morgan fingerprint density at radius 3 is 2.45 bits per heavy atom. The lowest BCUT2D eigenvalue weighted by molar-refractivity contribution is -0.135. The molecule has 5 heteroatoms.